The van der Waals surface area contributed by atoms with Gasteiger partial charge in [0.25, 0.3) is 0 Å². The Bertz CT molecular complexity index is 796. The third kappa shape index (κ3) is 3.73. The van der Waals surface area contributed by atoms with Crippen molar-refractivity contribution in [3.05, 3.63) is 34.8 Å². The standard InChI is InChI=1S/C21H29BrN5/c22-19-2-3-20-18(17-19)1-4-21(23-20)26-7-5-24(6-8-26)9-13-27-14-10-25(11-15-27)12-16-27/h1-4,17H,5-16H2/q+1. The van der Waals surface area contributed by atoms with E-state index < -0.39 is 0 Å². The molecule has 0 saturated carbocycles. The first kappa shape index (κ1) is 17.9. The molecule has 4 fully saturated rings. The van der Waals surface area contributed by atoms with Gasteiger partial charge in [0.15, 0.2) is 0 Å². The monoisotopic (exact) mass is 430 g/mol. The van der Waals surface area contributed by atoms with Crippen molar-refractivity contribution in [2.24, 2.45) is 0 Å². The summed E-state index contributed by atoms with van der Waals surface area (Å²) in [6, 6.07) is 10.7. The van der Waals surface area contributed by atoms with E-state index in [1.807, 2.05) is 0 Å². The Morgan fingerprint density at radius 1 is 0.889 bits per heavy atom. The molecule has 1 aromatic heterocycles. The van der Waals surface area contributed by atoms with Crippen LogP contribution in [0.2, 0.25) is 0 Å². The average Bonchev–Trinajstić information content (AvgIpc) is 2.74. The van der Waals surface area contributed by atoms with Gasteiger partial charge in [-0.25, -0.2) is 4.98 Å². The number of rotatable bonds is 4. The second-order valence-corrected chi connectivity index (χ2v) is 9.33. The molecule has 0 radical (unpaired) electrons. The van der Waals surface area contributed by atoms with E-state index in [9.17, 15) is 0 Å². The Morgan fingerprint density at radius 3 is 2.37 bits per heavy atom. The zero-order chi connectivity index (χ0) is 18.3. The van der Waals surface area contributed by atoms with Crippen molar-refractivity contribution in [1.29, 1.82) is 0 Å². The Hall–Kier alpha value is -1.21. The van der Waals surface area contributed by atoms with Gasteiger partial charge in [-0.3, -0.25) is 9.80 Å². The molecule has 0 unspecified atom stereocenters. The van der Waals surface area contributed by atoms with Crippen LogP contribution in [0.15, 0.2) is 34.8 Å². The van der Waals surface area contributed by atoms with E-state index in [1.54, 1.807) is 0 Å². The molecule has 27 heavy (non-hydrogen) atoms. The fraction of sp³-hybridized carbons (Fsp3) is 0.571. The molecule has 0 N–H and O–H groups in total. The molecule has 144 valence electrons. The molecule has 4 aliphatic heterocycles. The van der Waals surface area contributed by atoms with E-state index in [1.165, 1.54) is 62.2 Å². The first-order valence-corrected chi connectivity index (χ1v) is 11.1. The molecule has 0 aliphatic carbocycles. The van der Waals surface area contributed by atoms with Gasteiger partial charge in [0.1, 0.15) is 5.82 Å². The lowest BCUT2D eigenvalue weighted by Gasteiger charge is -2.51. The lowest BCUT2D eigenvalue weighted by atomic mass is 10.1. The quantitative estimate of drug-likeness (QED) is 0.693. The summed E-state index contributed by atoms with van der Waals surface area (Å²) < 4.78 is 2.48. The van der Waals surface area contributed by atoms with Crippen LogP contribution in [0.3, 0.4) is 0 Å². The van der Waals surface area contributed by atoms with Crippen LogP contribution < -0.4 is 4.90 Å². The van der Waals surface area contributed by atoms with Crippen LogP contribution in [0.4, 0.5) is 5.82 Å². The molecule has 6 heteroatoms. The molecule has 4 aliphatic rings. The van der Waals surface area contributed by atoms with Crippen molar-refractivity contribution < 1.29 is 4.48 Å². The topological polar surface area (TPSA) is 22.6 Å². The highest BCUT2D eigenvalue weighted by atomic mass is 79.9. The van der Waals surface area contributed by atoms with Gasteiger partial charge in [-0.1, -0.05) is 15.9 Å². The Morgan fingerprint density at radius 2 is 1.63 bits per heavy atom. The minimum Gasteiger partial charge on any atom is -0.354 e. The van der Waals surface area contributed by atoms with E-state index in [-0.39, 0.29) is 0 Å². The van der Waals surface area contributed by atoms with E-state index >= 15 is 0 Å². The molecule has 0 atom stereocenters. The molecule has 1 aromatic carbocycles. The minimum absolute atomic E-state index is 1.08. The maximum Gasteiger partial charge on any atom is 0.129 e. The van der Waals surface area contributed by atoms with E-state index in [2.05, 4.69) is 61.0 Å². The summed E-state index contributed by atoms with van der Waals surface area (Å²) in [4.78, 5) is 12.6. The van der Waals surface area contributed by atoms with Gasteiger partial charge in [0, 0.05) is 62.2 Å². The molecule has 2 bridgehead atoms. The molecule has 0 spiro atoms. The molecule has 6 rings (SSSR count). The largest absolute Gasteiger partial charge is 0.354 e. The van der Waals surface area contributed by atoms with Gasteiger partial charge in [-0.2, -0.15) is 0 Å². The molecule has 2 aromatic rings. The summed E-state index contributed by atoms with van der Waals surface area (Å²) >= 11 is 3.54. The fourth-order valence-corrected chi connectivity index (χ4v) is 5.26. The first-order valence-electron chi connectivity index (χ1n) is 10.3. The summed E-state index contributed by atoms with van der Waals surface area (Å²) in [5.41, 5.74) is 1.08. The number of halogens is 1. The maximum absolute atomic E-state index is 4.89. The molecule has 5 nitrogen and oxygen atoms in total. The number of benzene rings is 1. The number of aromatic nitrogens is 1. The van der Waals surface area contributed by atoms with Gasteiger partial charge >= 0.3 is 0 Å². The molecule has 0 amide bonds. The predicted molar refractivity (Wildman–Crippen MR) is 114 cm³/mol. The summed E-state index contributed by atoms with van der Waals surface area (Å²) in [5, 5.41) is 1.20. The Kier molecular flexibility index (Phi) is 4.84. The van der Waals surface area contributed by atoms with Crippen LogP contribution in [-0.2, 0) is 0 Å². The van der Waals surface area contributed by atoms with E-state index in [4.69, 9.17) is 4.98 Å². The lowest BCUT2D eigenvalue weighted by Crippen LogP contribution is -2.68. The van der Waals surface area contributed by atoms with Crippen molar-refractivity contribution in [3.63, 3.8) is 0 Å². The Labute approximate surface area is 170 Å². The number of quaternary nitrogens is 1. The van der Waals surface area contributed by atoms with Gasteiger partial charge < -0.3 is 9.38 Å². The summed E-state index contributed by atoms with van der Waals surface area (Å²) in [6.45, 7) is 15.2. The third-order valence-corrected chi connectivity index (χ3v) is 7.39. The second kappa shape index (κ2) is 7.32. The van der Waals surface area contributed by atoms with Crippen LogP contribution in [-0.4, -0.2) is 97.8 Å². The van der Waals surface area contributed by atoms with Crippen LogP contribution in [0.5, 0.6) is 0 Å². The highest BCUT2D eigenvalue weighted by Gasteiger charge is 2.38. The number of nitrogens with zero attached hydrogens (tertiary/aromatic N) is 5. The van der Waals surface area contributed by atoms with Crippen molar-refractivity contribution >= 4 is 32.7 Å². The van der Waals surface area contributed by atoms with Crippen LogP contribution in [0.25, 0.3) is 10.9 Å². The number of hydrogen-bond donors (Lipinski definition) is 0. The van der Waals surface area contributed by atoms with Gasteiger partial charge in [0.05, 0.1) is 31.7 Å². The van der Waals surface area contributed by atoms with Crippen molar-refractivity contribution in [2.45, 2.75) is 0 Å². The smallest absolute Gasteiger partial charge is 0.129 e. The highest BCUT2D eigenvalue weighted by Crippen LogP contribution is 2.23. The van der Waals surface area contributed by atoms with Gasteiger partial charge in [-0.05, 0) is 30.3 Å². The Balaban J connectivity index is 1.17. The van der Waals surface area contributed by atoms with Crippen molar-refractivity contribution in [2.75, 3.05) is 83.4 Å². The van der Waals surface area contributed by atoms with Crippen LogP contribution >= 0.6 is 15.9 Å². The van der Waals surface area contributed by atoms with Crippen LogP contribution in [0.1, 0.15) is 0 Å². The number of anilines is 1. The van der Waals surface area contributed by atoms with Gasteiger partial charge in [-0.15, -0.1) is 0 Å². The number of hydrogen-bond acceptors (Lipinski definition) is 4. The molecule has 4 saturated heterocycles. The predicted octanol–water partition coefficient (Wildman–Crippen LogP) is 2.27. The van der Waals surface area contributed by atoms with Gasteiger partial charge in [0.2, 0.25) is 0 Å². The second-order valence-electron chi connectivity index (χ2n) is 8.41. The highest BCUT2D eigenvalue weighted by molar-refractivity contribution is 9.10. The SMILES string of the molecule is Brc1ccc2nc(N3CCN(CC[N+]45CCN(CC4)CC5)CC3)ccc2c1. The normalized spacial score (nSPS) is 28.8. The van der Waals surface area contributed by atoms with Crippen LogP contribution in [0, 0.1) is 0 Å². The fourth-order valence-electron chi connectivity index (χ4n) is 4.88. The third-order valence-electron chi connectivity index (χ3n) is 6.90. The number of pyridine rings is 1. The van der Waals surface area contributed by atoms with E-state index in [0.717, 1.165) is 42.0 Å². The minimum atomic E-state index is 1.08. The van der Waals surface area contributed by atoms with Crippen molar-refractivity contribution in [3.8, 4) is 0 Å². The lowest BCUT2D eigenvalue weighted by molar-refractivity contribution is -0.940. The molecular formula is C21H29BrN5+. The maximum atomic E-state index is 4.89. The molecular weight excluding hydrogens is 402 g/mol. The average molecular weight is 431 g/mol. The zero-order valence-corrected chi connectivity index (χ0v) is 17.6. The number of piperazine rings is 4. The summed E-state index contributed by atoms with van der Waals surface area (Å²) in [5.74, 6) is 1.12. The molecule has 5 heterocycles. The summed E-state index contributed by atoms with van der Waals surface area (Å²) in [7, 11) is 0. The van der Waals surface area contributed by atoms with E-state index in [0.29, 0.717) is 0 Å². The zero-order valence-electron chi connectivity index (χ0n) is 16.0. The first-order chi connectivity index (χ1) is 13.2. The number of fused-ring (bicyclic) bond motifs is 4. The van der Waals surface area contributed by atoms with Crippen molar-refractivity contribution in [1.82, 2.24) is 14.8 Å². The summed E-state index contributed by atoms with van der Waals surface area (Å²) in [6.07, 6.45) is 0.